The summed E-state index contributed by atoms with van der Waals surface area (Å²) in [5.74, 6) is -0.318. The molecule has 0 saturated heterocycles. The summed E-state index contributed by atoms with van der Waals surface area (Å²) in [5, 5.41) is 1.66. The summed E-state index contributed by atoms with van der Waals surface area (Å²) >= 11 is 1.08. The summed E-state index contributed by atoms with van der Waals surface area (Å²) in [6, 6.07) is 9.73. The number of anilines is 1. The number of ketones is 1. The third kappa shape index (κ3) is 4.80. The maximum Gasteiger partial charge on any atom is 0.280 e. The molecule has 140 valence electrons. The molecule has 5 nitrogen and oxygen atoms in total. The number of carbonyl (C=O) groups excluding carboxylic acids is 2. The number of carbonyl (C=O) groups is 2. The molecule has 0 N–H and O–H groups in total. The van der Waals surface area contributed by atoms with Crippen LogP contribution in [0.2, 0.25) is 0 Å². The highest BCUT2D eigenvalue weighted by molar-refractivity contribution is 7.95. The third-order valence-corrected chi connectivity index (χ3v) is 6.90. The van der Waals surface area contributed by atoms with E-state index < -0.39 is 15.9 Å². The minimum absolute atomic E-state index is 0.129. The van der Waals surface area contributed by atoms with Gasteiger partial charge in [-0.25, -0.2) is 4.31 Å². The van der Waals surface area contributed by atoms with Crippen LogP contribution in [0.1, 0.15) is 45.1 Å². The van der Waals surface area contributed by atoms with Gasteiger partial charge in [0.25, 0.3) is 10.0 Å². The molecular formula is C19H23NO4S2. The molecule has 0 aliphatic rings. The number of Topliss-reactive ketones (excluding diaryl/α,β-unsaturated/α-hetero) is 1. The van der Waals surface area contributed by atoms with E-state index in [-0.39, 0.29) is 16.4 Å². The molecule has 2 rings (SSSR count). The lowest BCUT2D eigenvalue weighted by Crippen LogP contribution is -2.36. The van der Waals surface area contributed by atoms with Crippen molar-refractivity contribution >= 4 is 38.7 Å². The van der Waals surface area contributed by atoms with Gasteiger partial charge in [-0.3, -0.25) is 9.59 Å². The number of thiophene rings is 1. The van der Waals surface area contributed by atoms with Crippen molar-refractivity contribution in [3.63, 3.8) is 0 Å². The van der Waals surface area contributed by atoms with Gasteiger partial charge in [0.05, 0.1) is 5.69 Å². The molecule has 0 aliphatic heterocycles. The predicted molar refractivity (Wildman–Crippen MR) is 104 cm³/mol. The number of amides is 1. The molecule has 0 saturated carbocycles. The Morgan fingerprint density at radius 3 is 2.19 bits per heavy atom. The molecular weight excluding hydrogens is 370 g/mol. The summed E-state index contributed by atoms with van der Waals surface area (Å²) in [4.78, 5) is 24.3. The molecule has 0 unspecified atom stereocenters. The zero-order valence-corrected chi connectivity index (χ0v) is 16.6. The van der Waals surface area contributed by atoms with E-state index in [2.05, 4.69) is 0 Å². The van der Waals surface area contributed by atoms with Crippen LogP contribution < -0.4 is 4.31 Å². The highest BCUT2D eigenvalue weighted by atomic mass is 32.2. The summed E-state index contributed by atoms with van der Waals surface area (Å²) in [6.07, 6.45) is 2.33. The first kappa shape index (κ1) is 20.3. The molecule has 0 atom stereocenters. The second kappa shape index (κ2) is 9.09. The Balaban J connectivity index is 2.34. The van der Waals surface area contributed by atoms with Gasteiger partial charge in [0, 0.05) is 19.3 Å². The van der Waals surface area contributed by atoms with Crippen LogP contribution in [0.15, 0.2) is 46.0 Å². The lowest BCUT2D eigenvalue weighted by atomic mass is 10.1. The zero-order chi connectivity index (χ0) is 19.2. The van der Waals surface area contributed by atoms with Gasteiger partial charge >= 0.3 is 0 Å². The van der Waals surface area contributed by atoms with Crippen LogP contribution in [0.3, 0.4) is 0 Å². The monoisotopic (exact) mass is 393 g/mol. The Morgan fingerprint density at radius 2 is 1.65 bits per heavy atom. The molecule has 1 aromatic heterocycles. The normalized spacial score (nSPS) is 11.3. The zero-order valence-electron chi connectivity index (χ0n) is 15.0. The second-order valence-corrected chi connectivity index (χ2v) is 8.94. The van der Waals surface area contributed by atoms with Crippen molar-refractivity contribution in [1.29, 1.82) is 0 Å². The molecule has 0 aliphatic carbocycles. The highest BCUT2D eigenvalue weighted by Gasteiger charge is 2.31. The maximum absolute atomic E-state index is 12.9. The summed E-state index contributed by atoms with van der Waals surface area (Å²) < 4.78 is 26.8. The molecule has 0 radical (unpaired) electrons. The largest absolute Gasteiger partial charge is 0.299 e. The van der Waals surface area contributed by atoms with E-state index in [1.165, 1.54) is 6.07 Å². The first-order valence-electron chi connectivity index (χ1n) is 8.62. The van der Waals surface area contributed by atoms with Crippen LogP contribution >= 0.6 is 11.3 Å². The van der Waals surface area contributed by atoms with Crippen LogP contribution in [0.4, 0.5) is 5.69 Å². The summed E-state index contributed by atoms with van der Waals surface area (Å²) in [6.45, 7) is 3.78. The van der Waals surface area contributed by atoms with Crippen molar-refractivity contribution in [2.45, 2.75) is 50.2 Å². The fourth-order valence-corrected chi connectivity index (χ4v) is 5.09. The quantitative estimate of drug-likeness (QED) is 0.641. The number of nitrogens with zero attached hydrogens (tertiary/aromatic N) is 1. The Bertz CT molecular complexity index is 840. The highest BCUT2D eigenvalue weighted by Crippen LogP contribution is 2.28. The molecule has 1 amide bonds. The van der Waals surface area contributed by atoms with E-state index >= 15 is 0 Å². The van der Waals surface area contributed by atoms with Gasteiger partial charge in [-0.1, -0.05) is 32.0 Å². The van der Waals surface area contributed by atoms with Gasteiger partial charge in [0.1, 0.15) is 9.99 Å². The van der Waals surface area contributed by atoms with Crippen LogP contribution in [-0.4, -0.2) is 20.1 Å². The van der Waals surface area contributed by atoms with Crippen LogP contribution in [0, 0.1) is 0 Å². The maximum atomic E-state index is 12.9. The van der Waals surface area contributed by atoms with E-state index in [4.69, 9.17) is 0 Å². The first-order chi connectivity index (χ1) is 12.4. The van der Waals surface area contributed by atoms with Gasteiger partial charge in [-0.05, 0) is 42.0 Å². The van der Waals surface area contributed by atoms with Crippen molar-refractivity contribution < 1.29 is 18.0 Å². The predicted octanol–water partition coefficient (Wildman–Crippen LogP) is 4.18. The Kier molecular flexibility index (Phi) is 7.11. The van der Waals surface area contributed by atoms with E-state index in [1.54, 1.807) is 35.7 Å². The third-order valence-electron chi connectivity index (χ3n) is 3.78. The summed E-state index contributed by atoms with van der Waals surface area (Å²) in [5.41, 5.74) is 1.10. The fraction of sp³-hybridized carbons (Fsp3) is 0.368. The molecule has 1 heterocycles. The van der Waals surface area contributed by atoms with Crippen molar-refractivity contribution in [1.82, 2.24) is 0 Å². The number of benzene rings is 1. The number of hydrogen-bond acceptors (Lipinski definition) is 5. The average Bonchev–Trinajstić information content (AvgIpc) is 3.12. The molecule has 26 heavy (non-hydrogen) atoms. The Morgan fingerprint density at radius 1 is 1.00 bits per heavy atom. The van der Waals surface area contributed by atoms with E-state index in [0.29, 0.717) is 24.9 Å². The van der Waals surface area contributed by atoms with E-state index in [9.17, 15) is 18.0 Å². The van der Waals surface area contributed by atoms with Crippen molar-refractivity contribution in [3.05, 3.63) is 47.3 Å². The van der Waals surface area contributed by atoms with Crippen LogP contribution in [0.5, 0.6) is 0 Å². The minimum atomic E-state index is -3.94. The van der Waals surface area contributed by atoms with Crippen LogP contribution in [-0.2, 0) is 26.0 Å². The SMILES string of the molecule is CCCC(=O)Cc1ccc(N(C(=O)CCC)S(=O)(=O)c2cccs2)cc1. The van der Waals surface area contributed by atoms with Gasteiger partial charge < -0.3 is 0 Å². The molecule has 2 aromatic rings. The van der Waals surface area contributed by atoms with E-state index in [1.807, 2.05) is 13.8 Å². The molecule has 1 aromatic carbocycles. The molecule has 0 spiro atoms. The van der Waals surface area contributed by atoms with Crippen molar-refractivity contribution in [2.75, 3.05) is 4.31 Å². The molecule has 7 heteroatoms. The van der Waals surface area contributed by atoms with Crippen molar-refractivity contribution in [2.24, 2.45) is 0 Å². The fourth-order valence-electron chi connectivity index (χ4n) is 2.58. The Labute approximate surface area is 158 Å². The topological polar surface area (TPSA) is 71.5 Å². The average molecular weight is 394 g/mol. The lowest BCUT2D eigenvalue weighted by Gasteiger charge is -2.22. The Hall–Kier alpha value is -1.99. The second-order valence-electron chi connectivity index (χ2n) is 5.98. The van der Waals surface area contributed by atoms with Crippen molar-refractivity contribution in [3.8, 4) is 0 Å². The lowest BCUT2D eigenvalue weighted by molar-refractivity contribution is -0.119. The number of hydrogen-bond donors (Lipinski definition) is 0. The number of rotatable bonds is 9. The minimum Gasteiger partial charge on any atom is -0.299 e. The van der Waals surface area contributed by atoms with Gasteiger partial charge in [-0.2, -0.15) is 8.42 Å². The van der Waals surface area contributed by atoms with Gasteiger partial charge in [-0.15, -0.1) is 11.3 Å². The number of sulfonamides is 1. The van der Waals surface area contributed by atoms with Crippen LogP contribution in [0.25, 0.3) is 0 Å². The smallest absolute Gasteiger partial charge is 0.280 e. The summed E-state index contributed by atoms with van der Waals surface area (Å²) in [7, 11) is -3.94. The van der Waals surface area contributed by atoms with Gasteiger partial charge in [0.15, 0.2) is 0 Å². The first-order valence-corrected chi connectivity index (χ1v) is 10.9. The standard InChI is InChI=1S/C19H23NO4S2/c1-3-6-17(21)14-15-9-11-16(12-10-15)20(18(22)7-4-2)26(23,24)19-8-5-13-25-19/h5,8-13H,3-4,6-7,14H2,1-2H3. The molecule has 0 fully saturated rings. The van der Waals surface area contributed by atoms with E-state index in [0.717, 1.165) is 27.6 Å². The molecule has 0 bridgehead atoms. The van der Waals surface area contributed by atoms with Gasteiger partial charge in [0.2, 0.25) is 5.91 Å².